The summed E-state index contributed by atoms with van der Waals surface area (Å²) in [6, 6.07) is 0. The summed E-state index contributed by atoms with van der Waals surface area (Å²) in [5, 5.41) is 0. The van der Waals surface area contributed by atoms with Crippen molar-refractivity contribution < 1.29 is 28.6 Å². The Kier molecular flexibility index (Phi) is 59.9. The lowest BCUT2D eigenvalue weighted by Gasteiger charge is -2.18. The van der Waals surface area contributed by atoms with E-state index in [1.165, 1.54) is 103 Å². The predicted molar refractivity (Wildman–Crippen MR) is 334 cm³/mol. The van der Waals surface area contributed by atoms with Gasteiger partial charge in [0.1, 0.15) is 13.2 Å². The molecule has 0 bridgehead atoms. The fraction of sp³-hybridized carbons (Fsp3) is 0.620. The van der Waals surface area contributed by atoms with E-state index in [0.29, 0.717) is 6.42 Å². The van der Waals surface area contributed by atoms with Gasteiger partial charge in [-0.2, -0.15) is 0 Å². The standard InChI is InChI=1S/C71H114O6/c1-4-7-10-13-16-19-22-25-28-30-32-33-34-35-36-37-39-40-43-46-49-52-55-58-61-64-70(73)76-67-68(66-75-69(72)63-60-57-54-51-48-45-42-27-24-21-18-15-12-9-6-3)77-71(74)65-62-59-56-53-50-47-44-41-38-31-29-26-23-20-17-14-11-8-5-2/h7,9-10,12,16-21,25-29,32-33,38,41-42,48,51,57,60,68H,4-6,8,11,13-15,22-24,30-31,34-37,39-40,43-47,49-50,52-56,58-59,61-67H2,1-3H3/b10-7-,12-9-,19-16-,20-17-,21-18-,28-25-,29-26-,33-32-,41-38-,42-27-,51-48-,60-57-. The lowest BCUT2D eigenvalue weighted by molar-refractivity contribution is -0.166. The molecule has 0 N–H and O–H groups in total. The Labute approximate surface area is 474 Å². The second-order valence-electron chi connectivity index (χ2n) is 20.2. The molecule has 0 radical (unpaired) electrons. The summed E-state index contributed by atoms with van der Waals surface area (Å²) >= 11 is 0. The van der Waals surface area contributed by atoms with Crippen molar-refractivity contribution >= 4 is 17.9 Å². The third-order valence-electron chi connectivity index (χ3n) is 12.8. The third-order valence-corrected chi connectivity index (χ3v) is 12.8. The highest BCUT2D eigenvalue weighted by Crippen LogP contribution is 2.15. The third kappa shape index (κ3) is 62.0. The van der Waals surface area contributed by atoms with Gasteiger partial charge < -0.3 is 14.2 Å². The predicted octanol–water partition coefficient (Wildman–Crippen LogP) is 21.5. The fourth-order valence-electron chi connectivity index (χ4n) is 8.22. The molecule has 0 spiro atoms. The van der Waals surface area contributed by atoms with Crippen LogP contribution in [-0.4, -0.2) is 37.2 Å². The van der Waals surface area contributed by atoms with E-state index in [1.54, 1.807) is 6.08 Å². The highest BCUT2D eigenvalue weighted by molar-refractivity contribution is 5.72. The number of rotatable bonds is 55. The Morgan fingerprint density at radius 3 is 0.909 bits per heavy atom. The Hall–Kier alpha value is -4.71. The van der Waals surface area contributed by atoms with Gasteiger partial charge in [-0.05, 0) is 122 Å². The lowest BCUT2D eigenvalue weighted by atomic mass is 10.0. The van der Waals surface area contributed by atoms with Crippen molar-refractivity contribution in [3.05, 3.63) is 146 Å². The second-order valence-corrected chi connectivity index (χ2v) is 20.2. The normalized spacial score (nSPS) is 13.1. The molecule has 1 unspecified atom stereocenters. The lowest BCUT2D eigenvalue weighted by Crippen LogP contribution is -2.30. The monoisotopic (exact) mass is 1060 g/mol. The van der Waals surface area contributed by atoms with Crippen molar-refractivity contribution in [3.63, 3.8) is 0 Å². The van der Waals surface area contributed by atoms with Crippen LogP contribution in [0.2, 0.25) is 0 Å². The number of carbonyl (C=O) groups is 3. The minimum Gasteiger partial charge on any atom is -0.462 e. The number of hydrogen-bond acceptors (Lipinski definition) is 6. The summed E-state index contributed by atoms with van der Waals surface area (Å²) in [5.74, 6) is -1.07. The number of unbranched alkanes of at least 4 members (excludes halogenated alkanes) is 21. The van der Waals surface area contributed by atoms with Crippen molar-refractivity contribution in [2.24, 2.45) is 0 Å². The summed E-state index contributed by atoms with van der Waals surface area (Å²) < 4.78 is 16.8. The van der Waals surface area contributed by atoms with E-state index in [2.05, 4.69) is 154 Å². The number of hydrogen-bond donors (Lipinski definition) is 0. The van der Waals surface area contributed by atoms with Crippen molar-refractivity contribution in [2.75, 3.05) is 13.2 Å². The zero-order valence-electron chi connectivity index (χ0n) is 49.7. The molecule has 77 heavy (non-hydrogen) atoms. The van der Waals surface area contributed by atoms with Crippen molar-refractivity contribution in [1.82, 2.24) is 0 Å². The van der Waals surface area contributed by atoms with Gasteiger partial charge in [-0.25, -0.2) is 0 Å². The van der Waals surface area contributed by atoms with Gasteiger partial charge in [-0.1, -0.05) is 269 Å². The maximum atomic E-state index is 12.9. The first-order chi connectivity index (χ1) is 38.0. The molecule has 0 aliphatic heterocycles. The van der Waals surface area contributed by atoms with Gasteiger partial charge in [0.25, 0.3) is 0 Å². The molecule has 0 saturated heterocycles. The minimum atomic E-state index is -0.833. The first kappa shape index (κ1) is 72.3. The summed E-state index contributed by atoms with van der Waals surface area (Å²) in [4.78, 5) is 38.2. The zero-order chi connectivity index (χ0) is 55.7. The zero-order valence-corrected chi connectivity index (χ0v) is 49.7. The van der Waals surface area contributed by atoms with Crippen LogP contribution >= 0.6 is 0 Å². The molecule has 1 atom stereocenters. The fourth-order valence-corrected chi connectivity index (χ4v) is 8.22. The molecule has 434 valence electrons. The van der Waals surface area contributed by atoms with E-state index in [4.69, 9.17) is 14.2 Å². The maximum absolute atomic E-state index is 12.9. The SMILES string of the molecule is CC/C=C\C/C=C\C/C=C\C/C=C\C/C=C\CC(=O)OCC(COC(=O)CCCCCCCCCCCCCC/C=C\C/C=C\C/C=C\C/C=C\CC)OC(=O)CCCCCCCC/C=C\C/C=C\C/C=C\CCCCC. The molecule has 0 rings (SSSR count). The highest BCUT2D eigenvalue weighted by atomic mass is 16.6. The number of ether oxygens (including phenoxy) is 3. The van der Waals surface area contributed by atoms with E-state index >= 15 is 0 Å². The first-order valence-corrected chi connectivity index (χ1v) is 31.3. The van der Waals surface area contributed by atoms with Gasteiger partial charge in [0, 0.05) is 12.8 Å². The quantitative estimate of drug-likeness (QED) is 0.0261. The van der Waals surface area contributed by atoms with Gasteiger partial charge in [0.2, 0.25) is 0 Å². The van der Waals surface area contributed by atoms with Crippen molar-refractivity contribution in [1.29, 1.82) is 0 Å². The molecule has 0 fully saturated rings. The molecule has 0 saturated carbocycles. The van der Waals surface area contributed by atoms with Crippen LogP contribution in [0.15, 0.2) is 146 Å². The van der Waals surface area contributed by atoms with E-state index in [-0.39, 0.29) is 38.0 Å². The summed E-state index contributed by atoms with van der Waals surface area (Å²) in [7, 11) is 0. The molecule has 0 heterocycles. The van der Waals surface area contributed by atoms with Gasteiger partial charge >= 0.3 is 17.9 Å². The van der Waals surface area contributed by atoms with Crippen molar-refractivity contribution in [2.45, 2.75) is 271 Å². The Morgan fingerprint density at radius 2 is 0.558 bits per heavy atom. The number of allylic oxidation sites excluding steroid dienone is 23. The summed E-state index contributed by atoms with van der Waals surface area (Å²) in [6.07, 6.45) is 91.6. The molecule has 0 aromatic rings. The maximum Gasteiger partial charge on any atom is 0.309 e. The topological polar surface area (TPSA) is 78.9 Å². The molecule has 0 aliphatic carbocycles. The van der Waals surface area contributed by atoms with Crippen LogP contribution in [0.3, 0.4) is 0 Å². The summed E-state index contributed by atoms with van der Waals surface area (Å²) in [6.45, 7) is 6.29. The van der Waals surface area contributed by atoms with Crippen molar-refractivity contribution in [3.8, 4) is 0 Å². The van der Waals surface area contributed by atoms with E-state index < -0.39 is 12.1 Å². The van der Waals surface area contributed by atoms with E-state index in [1.807, 2.05) is 6.08 Å². The van der Waals surface area contributed by atoms with Crippen LogP contribution in [0.5, 0.6) is 0 Å². The van der Waals surface area contributed by atoms with Gasteiger partial charge in [0.05, 0.1) is 6.42 Å². The number of carbonyl (C=O) groups excluding carboxylic acids is 3. The molecule has 0 aliphatic rings. The van der Waals surface area contributed by atoms with Gasteiger partial charge in [-0.3, -0.25) is 14.4 Å². The summed E-state index contributed by atoms with van der Waals surface area (Å²) in [5.41, 5.74) is 0. The van der Waals surface area contributed by atoms with Crippen LogP contribution in [0.1, 0.15) is 265 Å². The second kappa shape index (κ2) is 63.8. The Morgan fingerprint density at radius 1 is 0.286 bits per heavy atom. The Bertz CT molecular complexity index is 1700. The molecule has 0 amide bonds. The van der Waals surface area contributed by atoms with E-state index in [0.717, 1.165) is 122 Å². The molecule has 0 aromatic heterocycles. The molecular weight excluding hydrogens is 949 g/mol. The minimum absolute atomic E-state index is 0.118. The average molecular weight is 1060 g/mol. The van der Waals surface area contributed by atoms with Crippen LogP contribution in [0, 0.1) is 0 Å². The smallest absolute Gasteiger partial charge is 0.309 e. The molecular formula is C71H114O6. The van der Waals surface area contributed by atoms with Crippen LogP contribution in [0.4, 0.5) is 0 Å². The molecule has 0 aromatic carbocycles. The van der Waals surface area contributed by atoms with Crippen LogP contribution in [0.25, 0.3) is 0 Å². The molecule has 6 nitrogen and oxygen atoms in total. The largest absolute Gasteiger partial charge is 0.462 e. The molecule has 6 heteroatoms. The van der Waals surface area contributed by atoms with E-state index in [9.17, 15) is 14.4 Å². The van der Waals surface area contributed by atoms with Crippen LogP contribution in [-0.2, 0) is 28.6 Å². The number of esters is 3. The van der Waals surface area contributed by atoms with Gasteiger partial charge in [0.15, 0.2) is 6.10 Å². The highest BCUT2D eigenvalue weighted by Gasteiger charge is 2.19. The van der Waals surface area contributed by atoms with Gasteiger partial charge in [-0.15, -0.1) is 0 Å². The first-order valence-electron chi connectivity index (χ1n) is 31.3. The average Bonchev–Trinajstić information content (AvgIpc) is 3.43. The Balaban J connectivity index is 4.45. The van der Waals surface area contributed by atoms with Crippen LogP contribution < -0.4 is 0 Å².